The van der Waals surface area contributed by atoms with Gasteiger partial charge in [-0.05, 0) is 44.0 Å². The summed E-state index contributed by atoms with van der Waals surface area (Å²) >= 11 is 0. The summed E-state index contributed by atoms with van der Waals surface area (Å²) < 4.78 is 5.28. The third kappa shape index (κ3) is 1.86. The van der Waals surface area contributed by atoms with Crippen molar-refractivity contribution in [2.24, 2.45) is 0 Å². The summed E-state index contributed by atoms with van der Waals surface area (Å²) in [5, 5.41) is 3.29. The highest BCUT2D eigenvalue weighted by atomic mass is 16.5. The largest absolute Gasteiger partial charge is 0.496 e. The SMILES string of the molecule is CNCC1(c2ccc(OC)c(C)c2)CC1. The monoisotopic (exact) mass is 205 g/mol. The van der Waals surface area contributed by atoms with Gasteiger partial charge in [0.1, 0.15) is 5.75 Å². The maximum absolute atomic E-state index is 5.28. The van der Waals surface area contributed by atoms with E-state index < -0.39 is 0 Å². The molecule has 0 atom stereocenters. The molecule has 0 heterocycles. The molecular formula is C13H19NO. The molecule has 0 bridgehead atoms. The molecule has 0 amide bonds. The minimum Gasteiger partial charge on any atom is -0.496 e. The highest BCUT2D eigenvalue weighted by molar-refractivity contribution is 5.42. The first kappa shape index (κ1) is 10.5. The zero-order valence-corrected chi connectivity index (χ0v) is 9.76. The van der Waals surface area contributed by atoms with Crippen LogP contribution in [0.1, 0.15) is 24.0 Å². The van der Waals surface area contributed by atoms with Crippen LogP contribution in [0.25, 0.3) is 0 Å². The Morgan fingerprint density at radius 1 is 1.40 bits per heavy atom. The number of aryl methyl sites for hydroxylation is 1. The summed E-state index contributed by atoms with van der Waals surface area (Å²) in [7, 11) is 3.75. The van der Waals surface area contributed by atoms with Crippen LogP contribution < -0.4 is 10.1 Å². The summed E-state index contributed by atoms with van der Waals surface area (Å²) in [4.78, 5) is 0. The van der Waals surface area contributed by atoms with Gasteiger partial charge < -0.3 is 10.1 Å². The molecule has 2 rings (SSSR count). The number of hydrogen-bond donors (Lipinski definition) is 1. The van der Waals surface area contributed by atoms with Crippen molar-refractivity contribution < 1.29 is 4.74 Å². The van der Waals surface area contributed by atoms with E-state index in [1.807, 2.05) is 7.05 Å². The molecule has 1 aromatic rings. The Kier molecular flexibility index (Phi) is 2.70. The van der Waals surface area contributed by atoms with Gasteiger partial charge in [-0.25, -0.2) is 0 Å². The van der Waals surface area contributed by atoms with Crippen LogP contribution >= 0.6 is 0 Å². The first-order valence-electron chi connectivity index (χ1n) is 5.51. The second kappa shape index (κ2) is 3.86. The number of ether oxygens (including phenoxy) is 1. The molecule has 2 heteroatoms. The van der Waals surface area contributed by atoms with Crippen molar-refractivity contribution in [1.29, 1.82) is 0 Å². The molecule has 1 aliphatic rings. The fourth-order valence-electron chi connectivity index (χ4n) is 2.27. The third-order valence-electron chi connectivity index (χ3n) is 3.38. The lowest BCUT2D eigenvalue weighted by Gasteiger charge is -2.16. The van der Waals surface area contributed by atoms with Gasteiger partial charge in [-0.3, -0.25) is 0 Å². The highest BCUT2D eigenvalue weighted by Gasteiger charge is 2.43. The maximum atomic E-state index is 5.28. The van der Waals surface area contributed by atoms with Gasteiger partial charge in [0.05, 0.1) is 7.11 Å². The lowest BCUT2D eigenvalue weighted by atomic mass is 9.94. The second-order valence-electron chi connectivity index (χ2n) is 4.50. The number of likely N-dealkylation sites (N-methyl/N-ethyl adjacent to an activating group) is 1. The standard InChI is InChI=1S/C13H19NO/c1-10-8-11(4-5-12(10)15-3)13(6-7-13)9-14-2/h4-5,8,14H,6-7,9H2,1-3H3. The first-order valence-corrected chi connectivity index (χ1v) is 5.51. The smallest absolute Gasteiger partial charge is 0.121 e. The van der Waals surface area contributed by atoms with Gasteiger partial charge in [-0.15, -0.1) is 0 Å². The molecule has 0 saturated heterocycles. The molecule has 0 aliphatic heterocycles. The Morgan fingerprint density at radius 3 is 2.60 bits per heavy atom. The van der Waals surface area contributed by atoms with Crippen LogP contribution in [-0.4, -0.2) is 20.7 Å². The number of benzene rings is 1. The predicted octanol–water partition coefficient (Wildman–Crippen LogP) is 2.25. The van der Waals surface area contributed by atoms with Crippen LogP contribution in [0.2, 0.25) is 0 Å². The molecule has 1 saturated carbocycles. The zero-order valence-electron chi connectivity index (χ0n) is 9.76. The molecule has 0 spiro atoms. The quantitative estimate of drug-likeness (QED) is 0.814. The number of methoxy groups -OCH3 is 1. The summed E-state index contributed by atoms with van der Waals surface area (Å²) in [6.45, 7) is 3.19. The maximum Gasteiger partial charge on any atom is 0.121 e. The molecule has 1 N–H and O–H groups in total. The molecule has 1 aliphatic carbocycles. The zero-order chi connectivity index (χ0) is 10.9. The second-order valence-corrected chi connectivity index (χ2v) is 4.50. The van der Waals surface area contributed by atoms with Gasteiger partial charge in [-0.1, -0.05) is 12.1 Å². The Balaban J connectivity index is 2.26. The summed E-state index contributed by atoms with van der Waals surface area (Å²) in [6.07, 6.45) is 2.61. The van der Waals surface area contributed by atoms with Crippen molar-refractivity contribution in [1.82, 2.24) is 5.32 Å². The average molecular weight is 205 g/mol. The minimum atomic E-state index is 0.409. The topological polar surface area (TPSA) is 21.3 Å². The molecule has 2 nitrogen and oxygen atoms in total. The average Bonchev–Trinajstić information content (AvgIpc) is 2.99. The number of hydrogen-bond acceptors (Lipinski definition) is 2. The number of rotatable bonds is 4. The molecule has 1 aromatic carbocycles. The normalized spacial score (nSPS) is 17.5. The third-order valence-corrected chi connectivity index (χ3v) is 3.38. The van der Waals surface area contributed by atoms with Crippen molar-refractivity contribution >= 4 is 0 Å². The van der Waals surface area contributed by atoms with E-state index >= 15 is 0 Å². The van der Waals surface area contributed by atoms with E-state index in [0.29, 0.717) is 5.41 Å². The van der Waals surface area contributed by atoms with Crippen LogP contribution in [-0.2, 0) is 5.41 Å². The Labute approximate surface area is 91.6 Å². The highest BCUT2D eigenvalue weighted by Crippen LogP contribution is 2.48. The van der Waals surface area contributed by atoms with E-state index in [1.54, 1.807) is 7.11 Å². The molecule has 0 unspecified atom stereocenters. The van der Waals surface area contributed by atoms with Crippen LogP contribution in [0.15, 0.2) is 18.2 Å². The molecular weight excluding hydrogens is 186 g/mol. The van der Waals surface area contributed by atoms with Gasteiger partial charge in [0.15, 0.2) is 0 Å². The van der Waals surface area contributed by atoms with Crippen molar-refractivity contribution in [2.45, 2.75) is 25.2 Å². The summed E-state index contributed by atoms with van der Waals surface area (Å²) in [5.74, 6) is 0.985. The molecule has 0 aromatic heterocycles. The van der Waals surface area contributed by atoms with Gasteiger partial charge in [-0.2, -0.15) is 0 Å². The van der Waals surface area contributed by atoms with Crippen molar-refractivity contribution in [3.63, 3.8) is 0 Å². The van der Waals surface area contributed by atoms with Crippen LogP contribution in [0.5, 0.6) is 5.75 Å². The van der Waals surface area contributed by atoms with Gasteiger partial charge in [0, 0.05) is 12.0 Å². The van der Waals surface area contributed by atoms with E-state index in [9.17, 15) is 0 Å². The first-order chi connectivity index (χ1) is 7.22. The van der Waals surface area contributed by atoms with Crippen molar-refractivity contribution in [2.75, 3.05) is 20.7 Å². The van der Waals surface area contributed by atoms with E-state index in [4.69, 9.17) is 4.74 Å². The van der Waals surface area contributed by atoms with E-state index in [-0.39, 0.29) is 0 Å². The lowest BCUT2D eigenvalue weighted by molar-refractivity contribution is 0.411. The lowest BCUT2D eigenvalue weighted by Crippen LogP contribution is -2.23. The fourth-order valence-corrected chi connectivity index (χ4v) is 2.27. The predicted molar refractivity (Wildman–Crippen MR) is 62.6 cm³/mol. The molecule has 15 heavy (non-hydrogen) atoms. The van der Waals surface area contributed by atoms with E-state index in [2.05, 4.69) is 30.4 Å². The number of nitrogens with one attached hydrogen (secondary N) is 1. The Hall–Kier alpha value is -1.02. The van der Waals surface area contributed by atoms with Crippen molar-refractivity contribution in [3.8, 4) is 5.75 Å². The summed E-state index contributed by atoms with van der Waals surface area (Å²) in [6, 6.07) is 6.56. The minimum absolute atomic E-state index is 0.409. The van der Waals surface area contributed by atoms with Gasteiger partial charge in [0.2, 0.25) is 0 Å². The molecule has 1 fully saturated rings. The van der Waals surface area contributed by atoms with E-state index in [0.717, 1.165) is 12.3 Å². The van der Waals surface area contributed by atoms with Gasteiger partial charge in [0.25, 0.3) is 0 Å². The fraction of sp³-hybridized carbons (Fsp3) is 0.538. The summed E-state index contributed by atoms with van der Waals surface area (Å²) in [5.41, 5.74) is 3.10. The van der Waals surface area contributed by atoms with Crippen LogP contribution in [0.4, 0.5) is 0 Å². The van der Waals surface area contributed by atoms with Crippen LogP contribution in [0.3, 0.4) is 0 Å². The molecule has 0 radical (unpaired) electrons. The van der Waals surface area contributed by atoms with Crippen molar-refractivity contribution in [3.05, 3.63) is 29.3 Å². The molecule has 82 valence electrons. The Morgan fingerprint density at radius 2 is 2.13 bits per heavy atom. The van der Waals surface area contributed by atoms with Gasteiger partial charge >= 0.3 is 0 Å². The Bertz CT molecular complexity index is 356. The van der Waals surface area contributed by atoms with E-state index in [1.165, 1.54) is 24.0 Å². The van der Waals surface area contributed by atoms with Crippen LogP contribution in [0, 0.1) is 6.92 Å².